The number of aromatic nitrogens is 1. The first-order valence-corrected chi connectivity index (χ1v) is 17.0. The van der Waals surface area contributed by atoms with Crippen molar-refractivity contribution >= 4 is 68.6 Å². The van der Waals surface area contributed by atoms with Crippen LogP contribution >= 0.6 is 56.5 Å². The van der Waals surface area contributed by atoms with Gasteiger partial charge in [-0.05, 0) is 108 Å². The van der Waals surface area contributed by atoms with Gasteiger partial charge < -0.3 is 18.9 Å². The van der Waals surface area contributed by atoms with Gasteiger partial charge in [-0.25, -0.2) is 14.2 Å². The van der Waals surface area contributed by atoms with Crippen molar-refractivity contribution in [2.24, 2.45) is 4.99 Å². The molecule has 0 radical (unpaired) electrons. The molecule has 45 heavy (non-hydrogen) atoms. The molecule has 0 spiro atoms. The Bertz CT molecular complexity index is 1990. The van der Waals surface area contributed by atoms with Gasteiger partial charge in [-0.1, -0.05) is 35.6 Å². The van der Waals surface area contributed by atoms with Crippen LogP contribution < -0.4 is 29.1 Å². The van der Waals surface area contributed by atoms with Crippen LogP contribution in [0.15, 0.2) is 75.7 Å². The van der Waals surface area contributed by atoms with Crippen LogP contribution in [0.1, 0.15) is 43.5 Å². The number of carbonyl (C=O) groups is 1. The Labute approximate surface area is 290 Å². The Morgan fingerprint density at radius 1 is 1.07 bits per heavy atom. The van der Waals surface area contributed by atoms with Crippen molar-refractivity contribution in [3.05, 3.63) is 115 Å². The molecule has 1 aliphatic heterocycles. The van der Waals surface area contributed by atoms with Crippen LogP contribution in [0.2, 0.25) is 0 Å². The van der Waals surface area contributed by atoms with Gasteiger partial charge in [0.1, 0.15) is 18.2 Å². The van der Waals surface area contributed by atoms with Crippen LogP contribution in [-0.2, 0) is 16.1 Å². The average molecular weight is 854 g/mol. The summed E-state index contributed by atoms with van der Waals surface area (Å²) in [5.41, 5.74) is 2.11. The first-order chi connectivity index (χ1) is 21.7. The molecule has 234 valence electrons. The number of fused-ring (bicyclic) bond motifs is 1. The van der Waals surface area contributed by atoms with Crippen molar-refractivity contribution in [2.75, 3.05) is 20.3 Å². The van der Waals surface area contributed by atoms with E-state index >= 15 is 0 Å². The number of allylic oxidation sites excluding steroid dienone is 1. The second-order valence-corrected chi connectivity index (χ2v) is 13.2. The van der Waals surface area contributed by atoms with Crippen LogP contribution in [0, 0.1) is 13.0 Å². The van der Waals surface area contributed by atoms with E-state index in [0.29, 0.717) is 55.6 Å². The van der Waals surface area contributed by atoms with Gasteiger partial charge in [0.25, 0.3) is 5.56 Å². The van der Waals surface area contributed by atoms with Gasteiger partial charge in [0.15, 0.2) is 16.3 Å². The van der Waals surface area contributed by atoms with Gasteiger partial charge in [0.2, 0.25) is 0 Å². The highest BCUT2D eigenvalue weighted by molar-refractivity contribution is 14.1. The summed E-state index contributed by atoms with van der Waals surface area (Å²) >= 11 is 5.60. The van der Waals surface area contributed by atoms with E-state index in [1.54, 1.807) is 63.4 Å². The topological polar surface area (TPSA) is 88.4 Å². The Kier molecular flexibility index (Phi) is 10.6. The zero-order valence-electron chi connectivity index (χ0n) is 24.9. The van der Waals surface area contributed by atoms with E-state index in [1.807, 2.05) is 19.1 Å². The monoisotopic (exact) mass is 854 g/mol. The van der Waals surface area contributed by atoms with Crippen molar-refractivity contribution in [3.63, 3.8) is 0 Å². The lowest BCUT2D eigenvalue weighted by Gasteiger charge is -2.25. The van der Waals surface area contributed by atoms with Crippen LogP contribution in [-0.4, -0.2) is 30.9 Å². The summed E-state index contributed by atoms with van der Waals surface area (Å²) in [4.78, 5) is 32.7. The van der Waals surface area contributed by atoms with Crippen molar-refractivity contribution in [1.29, 1.82) is 0 Å². The normalized spacial score (nSPS) is 14.6. The van der Waals surface area contributed by atoms with E-state index in [0.717, 1.165) is 7.14 Å². The molecule has 1 aliphatic rings. The number of nitrogens with zero attached hydrogens (tertiary/aromatic N) is 2. The summed E-state index contributed by atoms with van der Waals surface area (Å²) < 4.78 is 40.9. The molecular formula is C33H29FI2N2O6S. The number of benzene rings is 3. The number of ether oxygens (including phenoxy) is 4. The maximum Gasteiger partial charge on any atom is 0.338 e. The minimum absolute atomic E-state index is 0.0209. The Hall–Kier alpha value is -3.24. The summed E-state index contributed by atoms with van der Waals surface area (Å²) in [5, 5.41) is 0. The quantitative estimate of drug-likeness (QED) is 0.141. The van der Waals surface area contributed by atoms with Gasteiger partial charge in [0, 0.05) is 14.7 Å². The third-order valence-corrected chi connectivity index (χ3v) is 9.38. The van der Waals surface area contributed by atoms with E-state index in [1.165, 1.54) is 22.0 Å². The third kappa shape index (κ3) is 6.97. The van der Waals surface area contributed by atoms with E-state index < -0.39 is 12.0 Å². The van der Waals surface area contributed by atoms with Crippen LogP contribution in [0.5, 0.6) is 17.2 Å². The van der Waals surface area contributed by atoms with Gasteiger partial charge in [-0.15, -0.1) is 0 Å². The molecule has 0 fully saturated rings. The van der Waals surface area contributed by atoms with Gasteiger partial charge in [-0.2, -0.15) is 0 Å². The molecule has 0 amide bonds. The zero-order chi connectivity index (χ0) is 32.2. The molecule has 2 heterocycles. The number of carbonyl (C=O) groups excluding carboxylic acids is 1. The Balaban J connectivity index is 1.68. The van der Waals surface area contributed by atoms with Gasteiger partial charge >= 0.3 is 5.97 Å². The molecular weight excluding hydrogens is 825 g/mol. The van der Waals surface area contributed by atoms with Gasteiger partial charge in [-0.3, -0.25) is 9.36 Å². The summed E-state index contributed by atoms with van der Waals surface area (Å²) in [6.07, 6.45) is 1.75. The van der Waals surface area contributed by atoms with Crippen molar-refractivity contribution in [2.45, 2.75) is 33.4 Å². The predicted molar refractivity (Wildman–Crippen MR) is 187 cm³/mol. The molecule has 0 bridgehead atoms. The first kappa shape index (κ1) is 33.1. The maximum absolute atomic E-state index is 14.3. The smallest absolute Gasteiger partial charge is 0.338 e. The molecule has 8 nitrogen and oxygen atoms in total. The largest absolute Gasteiger partial charge is 0.493 e. The molecule has 1 aromatic heterocycles. The lowest BCUT2D eigenvalue weighted by molar-refractivity contribution is -0.139. The molecule has 0 unspecified atom stereocenters. The van der Waals surface area contributed by atoms with E-state index in [2.05, 4.69) is 50.2 Å². The average Bonchev–Trinajstić information content (AvgIpc) is 3.30. The minimum atomic E-state index is -0.819. The highest BCUT2D eigenvalue weighted by atomic mass is 127. The van der Waals surface area contributed by atoms with E-state index in [-0.39, 0.29) is 30.2 Å². The highest BCUT2D eigenvalue weighted by Crippen LogP contribution is 2.36. The number of hydrogen-bond acceptors (Lipinski definition) is 8. The first-order valence-electron chi connectivity index (χ1n) is 14.0. The Morgan fingerprint density at radius 3 is 2.56 bits per heavy atom. The predicted octanol–water partition coefficient (Wildman–Crippen LogP) is 6.13. The van der Waals surface area contributed by atoms with Gasteiger partial charge in [0.05, 0.1) is 45.7 Å². The fraction of sp³-hybridized carbons (Fsp3) is 0.242. The standard InChI is InChI=1S/C33H29FI2N2O6S/c1-5-42-26-14-19(11-12-25(26)41-4)29-28(32(40)43-6-2)18(3)37-33-38(29)31(39)27(45-33)15-21-13-22(35)16-24(36)30(21)44-17-20-9-7-8-10-23(20)34/h7-16,29H,5-6,17H2,1-4H3/b27-15-/t29-/m0/s1. The molecule has 4 aromatic rings. The highest BCUT2D eigenvalue weighted by Gasteiger charge is 2.34. The van der Waals surface area contributed by atoms with Crippen LogP contribution in [0.25, 0.3) is 6.08 Å². The molecule has 1 atom stereocenters. The number of methoxy groups -OCH3 is 1. The SMILES string of the molecule is CCOC(=O)C1=C(C)N=c2s/c(=C\c3cc(I)cc(I)c3OCc3ccccc3F)c(=O)n2[C@H]1c1ccc(OC)c(OCC)c1. The van der Waals surface area contributed by atoms with E-state index in [4.69, 9.17) is 18.9 Å². The van der Waals surface area contributed by atoms with Crippen molar-refractivity contribution < 1.29 is 28.1 Å². The molecule has 0 saturated heterocycles. The second kappa shape index (κ2) is 14.5. The number of esters is 1. The molecule has 0 saturated carbocycles. The summed E-state index contributed by atoms with van der Waals surface area (Å²) in [6.45, 7) is 5.92. The molecule has 0 N–H and O–H groups in total. The minimum Gasteiger partial charge on any atom is -0.493 e. The van der Waals surface area contributed by atoms with Crippen LogP contribution in [0.3, 0.4) is 0 Å². The fourth-order valence-electron chi connectivity index (χ4n) is 4.98. The van der Waals surface area contributed by atoms with E-state index in [9.17, 15) is 14.0 Å². The second-order valence-electron chi connectivity index (χ2n) is 9.83. The summed E-state index contributed by atoms with van der Waals surface area (Å²) in [7, 11) is 1.55. The summed E-state index contributed by atoms with van der Waals surface area (Å²) in [5.74, 6) is 0.640. The molecule has 12 heteroatoms. The maximum atomic E-state index is 14.3. The lowest BCUT2D eigenvalue weighted by atomic mass is 9.95. The molecule has 5 rings (SSSR count). The zero-order valence-corrected chi connectivity index (χ0v) is 30.0. The number of rotatable bonds is 10. The molecule has 3 aromatic carbocycles. The van der Waals surface area contributed by atoms with Crippen LogP contribution in [0.4, 0.5) is 4.39 Å². The number of halogens is 3. The summed E-state index contributed by atoms with van der Waals surface area (Å²) in [6, 6.07) is 14.8. The van der Waals surface area contributed by atoms with Crippen molar-refractivity contribution in [3.8, 4) is 17.2 Å². The lowest BCUT2D eigenvalue weighted by Crippen LogP contribution is -2.40. The van der Waals surface area contributed by atoms with Crippen molar-refractivity contribution in [1.82, 2.24) is 4.57 Å². The fourth-order valence-corrected chi connectivity index (χ4v) is 8.07. The number of thiazole rings is 1. The third-order valence-electron chi connectivity index (χ3n) is 6.97. The number of hydrogen-bond donors (Lipinski definition) is 0. The molecule has 0 aliphatic carbocycles. The Morgan fingerprint density at radius 2 is 1.84 bits per heavy atom.